The first kappa shape index (κ1) is 17.9. The molecule has 26 heavy (non-hydrogen) atoms. The first-order valence-electron chi connectivity index (χ1n) is 10.2. The van der Waals surface area contributed by atoms with E-state index in [1.807, 2.05) is 4.90 Å². The van der Waals surface area contributed by atoms with E-state index >= 15 is 0 Å². The quantitative estimate of drug-likeness (QED) is 0.882. The predicted octanol–water partition coefficient (Wildman–Crippen LogP) is 2.96. The number of amides is 1. The van der Waals surface area contributed by atoms with E-state index < -0.39 is 0 Å². The highest BCUT2D eigenvalue weighted by atomic mass is 19.1. The zero-order chi connectivity index (χ0) is 18.1. The van der Waals surface area contributed by atoms with Gasteiger partial charge in [0.25, 0.3) is 0 Å². The molecule has 2 saturated heterocycles. The molecule has 1 N–H and O–H groups in total. The van der Waals surface area contributed by atoms with Gasteiger partial charge in [-0.05, 0) is 88.8 Å². The molecule has 1 aromatic rings. The fourth-order valence-corrected chi connectivity index (χ4v) is 4.96. The normalized spacial score (nSPS) is 28.0. The predicted molar refractivity (Wildman–Crippen MR) is 102 cm³/mol. The molecule has 142 valence electrons. The topological polar surface area (TPSA) is 35.6 Å². The molecule has 2 unspecified atom stereocenters. The van der Waals surface area contributed by atoms with E-state index in [9.17, 15) is 9.18 Å². The summed E-state index contributed by atoms with van der Waals surface area (Å²) < 4.78 is 13.6. The molecule has 0 radical (unpaired) electrons. The van der Waals surface area contributed by atoms with Gasteiger partial charge in [-0.1, -0.05) is 0 Å². The van der Waals surface area contributed by atoms with Crippen molar-refractivity contribution in [3.63, 3.8) is 0 Å². The Balaban J connectivity index is 1.51. The number of hydrogen-bond donors (Lipinski definition) is 1. The Kier molecular flexibility index (Phi) is 5.28. The number of aryl methyl sites for hydroxylation is 1. The molecule has 0 aromatic heterocycles. The molecule has 2 atom stereocenters. The zero-order valence-corrected chi connectivity index (χ0v) is 15.7. The Morgan fingerprint density at radius 2 is 2.00 bits per heavy atom. The first-order chi connectivity index (χ1) is 12.6. The number of carbonyl (C=O) groups excluding carboxylic acids is 1. The average molecular weight is 359 g/mol. The van der Waals surface area contributed by atoms with Crippen molar-refractivity contribution in [1.82, 2.24) is 10.2 Å². The van der Waals surface area contributed by atoms with Crippen molar-refractivity contribution < 1.29 is 9.18 Å². The van der Waals surface area contributed by atoms with Crippen molar-refractivity contribution in [2.75, 3.05) is 31.1 Å². The molecular formula is C21H30FN3O. The number of benzene rings is 1. The van der Waals surface area contributed by atoms with Gasteiger partial charge < -0.3 is 10.2 Å². The number of carbonyl (C=O) groups is 1. The van der Waals surface area contributed by atoms with Crippen LogP contribution in [0.15, 0.2) is 18.2 Å². The van der Waals surface area contributed by atoms with Crippen LogP contribution < -0.4 is 10.2 Å². The van der Waals surface area contributed by atoms with Crippen LogP contribution in [0.3, 0.4) is 0 Å². The second kappa shape index (κ2) is 7.65. The lowest BCUT2D eigenvalue weighted by Crippen LogP contribution is -2.52. The minimum absolute atomic E-state index is 0.0667. The van der Waals surface area contributed by atoms with Crippen LogP contribution in [0.1, 0.15) is 44.6 Å². The summed E-state index contributed by atoms with van der Waals surface area (Å²) in [4.78, 5) is 17.9. The van der Waals surface area contributed by atoms with Crippen LogP contribution in [0.25, 0.3) is 0 Å². The van der Waals surface area contributed by atoms with E-state index in [0.29, 0.717) is 6.04 Å². The van der Waals surface area contributed by atoms with E-state index in [2.05, 4.69) is 17.1 Å². The molecule has 3 heterocycles. The maximum atomic E-state index is 13.6. The average Bonchev–Trinajstić information content (AvgIpc) is 2.68. The maximum Gasteiger partial charge on any atom is 0.231 e. The number of nitrogens with one attached hydrogen (secondary N) is 1. The molecule has 2 fully saturated rings. The van der Waals surface area contributed by atoms with E-state index in [1.54, 1.807) is 12.1 Å². The van der Waals surface area contributed by atoms with Gasteiger partial charge in [0.05, 0.1) is 5.92 Å². The van der Waals surface area contributed by atoms with E-state index in [4.69, 9.17) is 0 Å². The van der Waals surface area contributed by atoms with Crippen molar-refractivity contribution in [2.45, 2.75) is 57.5 Å². The molecular weight excluding hydrogens is 329 g/mol. The van der Waals surface area contributed by atoms with Gasteiger partial charge in [0.2, 0.25) is 5.91 Å². The zero-order valence-electron chi connectivity index (χ0n) is 15.7. The SMILES string of the molecule is CC1CCc2cc(F)ccc2N1C(=O)C1CCCN(C2CCNCC2)C1. The maximum absolute atomic E-state index is 13.6. The van der Waals surface area contributed by atoms with Crippen LogP contribution in [-0.4, -0.2) is 49.1 Å². The number of piperidine rings is 2. The van der Waals surface area contributed by atoms with Gasteiger partial charge in [-0.2, -0.15) is 0 Å². The molecule has 4 rings (SSSR count). The van der Waals surface area contributed by atoms with Gasteiger partial charge in [0, 0.05) is 24.3 Å². The highest BCUT2D eigenvalue weighted by Crippen LogP contribution is 2.34. The molecule has 5 heteroatoms. The van der Waals surface area contributed by atoms with E-state index in [-0.39, 0.29) is 23.7 Å². The van der Waals surface area contributed by atoms with Crippen LogP contribution in [-0.2, 0) is 11.2 Å². The van der Waals surface area contributed by atoms with Crippen molar-refractivity contribution in [1.29, 1.82) is 0 Å². The number of rotatable bonds is 2. The van der Waals surface area contributed by atoms with Gasteiger partial charge in [0.15, 0.2) is 0 Å². The summed E-state index contributed by atoms with van der Waals surface area (Å²) in [6, 6.07) is 5.69. The standard InChI is InChI=1S/C21H30FN3O/c1-15-4-5-16-13-18(22)6-7-20(16)25(15)21(26)17-3-2-12-24(14-17)19-8-10-23-11-9-19/h6-7,13,15,17,19,23H,2-5,8-12,14H2,1H3. The first-order valence-corrected chi connectivity index (χ1v) is 10.2. The third kappa shape index (κ3) is 3.52. The van der Waals surface area contributed by atoms with Crippen LogP contribution in [0.2, 0.25) is 0 Å². The number of likely N-dealkylation sites (tertiary alicyclic amines) is 1. The summed E-state index contributed by atoms with van der Waals surface area (Å²) >= 11 is 0. The number of anilines is 1. The Morgan fingerprint density at radius 3 is 2.81 bits per heavy atom. The summed E-state index contributed by atoms with van der Waals surface area (Å²) in [6.07, 6.45) is 6.20. The number of halogens is 1. The number of fused-ring (bicyclic) bond motifs is 1. The lowest BCUT2D eigenvalue weighted by Gasteiger charge is -2.43. The van der Waals surface area contributed by atoms with E-state index in [1.165, 1.54) is 18.9 Å². The molecule has 0 saturated carbocycles. The number of nitrogens with zero attached hydrogens (tertiary/aromatic N) is 2. The minimum atomic E-state index is -0.208. The van der Waals surface area contributed by atoms with Crippen molar-refractivity contribution in [3.8, 4) is 0 Å². The van der Waals surface area contributed by atoms with Crippen molar-refractivity contribution in [3.05, 3.63) is 29.6 Å². The van der Waals surface area contributed by atoms with Crippen molar-refractivity contribution >= 4 is 11.6 Å². The molecule has 1 aromatic carbocycles. The third-order valence-electron chi connectivity index (χ3n) is 6.44. The Hall–Kier alpha value is -1.46. The lowest BCUT2D eigenvalue weighted by molar-refractivity contribution is -0.125. The fraction of sp³-hybridized carbons (Fsp3) is 0.667. The Morgan fingerprint density at radius 1 is 1.19 bits per heavy atom. The van der Waals surface area contributed by atoms with Crippen LogP contribution in [0.5, 0.6) is 0 Å². The van der Waals surface area contributed by atoms with Gasteiger partial charge in [0.1, 0.15) is 5.82 Å². The van der Waals surface area contributed by atoms with Gasteiger partial charge in [-0.15, -0.1) is 0 Å². The van der Waals surface area contributed by atoms with Crippen molar-refractivity contribution in [2.24, 2.45) is 5.92 Å². The fourth-order valence-electron chi connectivity index (χ4n) is 4.96. The largest absolute Gasteiger partial charge is 0.317 e. The molecule has 0 spiro atoms. The van der Waals surface area contributed by atoms with Gasteiger partial charge in [-0.3, -0.25) is 9.69 Å². The molecule has 1 amide bonds. The summed E-state index contributed by atoms with van der Waals surface area (Å²) in [5, 5.41) is 3.43. The smallest absolute Gasteiger partial charge is 0.231 e. The molecule has 0 aliphatic carbocycles. The second-order valence-electron chi connectivity index (χ2n) is 8.18. The molecule has 3 aliphatic heterocycles. The van der Waals surface area contributed by atoms with Crippen LogP contribution in [0, 0.1) is 11.7 Å². The summed E-state index contributed by atoms with van der Waals surface area (Å²) in [5.41, 5.74) is 1.90. The second-order valence-corrected chi connectivity index (χ2v) is 8.18. The van der Waals surface area contributed by atoms with Crippen LogP contribution >= 0.6 is 0 Å². The third-order valence-corrected chi connectivity index (χ3v) is 6.44. The molecule has 3 aliphatic rings. The van der Waals surface area contributed by atoms with E-state index in [0.717, 1.165) is 63.1 Å². The summed E-state index contributed by atoms with van der Waals surface area (Å²) in [6.45, 7) is 6.29. The Bertz CT molecular complexity index is 659. The minimum Gasteiger partial charge on any atom is -0.317 e. The molecule has 4 nitrogen and oxygen atoms in total. The number of hydrogen-bond acceptors (Lipinski definition) is 3. The van der Waals surface area contributed by atoms with Gasteiger partial charge in [-0.25, -0.2) is 4.39 Å². The Labute approximate surface area is 155 Å². The summed E-state index contributed by atoms with van der Waals surface area (Å²) in [7, 11) is 0. The lowest BCUT2D eigenvalue weighted by atomic mass is 9.90. The monoisotopic (exact) mass is 359 g/mol. The highest BCUT2D eigenvalue weighted by molar-refractivity contribution is 5.97. The highest BCUT2D eigenvalue weighted by Gasteiger charge is 2.36. The molecule has 0 bridgehead atoms. The van der Waals surface area contributed by atoms with Crippen LogP contribution in [0.4, 0.5) is 10.1 Å². The van der Waals surface area contributed by atoms with Gasteiger partial charge >= 0.3 is 0 Å². The summed E-state index contributed by atoms with van der Waals surface area (Å²) in [5.74, 6) is 0.0984.